The van der Waals surface area contributed by atoms with Crippen LogP contribution in [0.5, 0.6) is 11.5 Å². The molecule has 0 saturated carbocycles. The predicted octanol–water partition coefficient (Wildman–Crippen LogP) is 2.97. The van der Waals surface area contributed by atoms with E-state index in [0.717, 1.165) is 15.8 Å². The second-order valence-corrected chi connectivity index (χ2v) is 5.81. The Kier molecular flexibility index (Phi) is 3.68. The molecule has 0 saturated heterocycles. The van der Waals surface area contributed by atoms with Crippen LogP contribution in [0.15, 0.2) is 46.3 Å². The first-order chi connectivity index (χ1) is 10.6. The second kappa shape index (κ2) is 5.65. The summed E-state index contributed by atoms with van der Waals surface area (Å²) in [5.41, 5.74) is 1.64. The number of aromatic hydroxyl groups is 1. The number of ether oxygens (including phenoxy) is 1. The van der Waals surface area contributed by atoms with Gasteiger partial charge in [0.05, 0.1) is 23.4 Å². The fourth-order valence-electron chi connectivity index (χ4n) is 2.10. The van der Waals surface area contributed by atoms with Gasteiger partial charge in [0, 0.05) is 0 Å². The van der Waals surface area contributed by atoms with Crippen molar-refractivity contribution in [3.05, 3.63) is 57.9 Å². The van der Waals surface area contributed by atoms with Crippen LogP contribution < -0.4 is 10.3 Å². The maximum atomic E-state index is 12.3. The number of nitrogens with zero attached hydrogens (tertiary/aromatic N) is 2. The molecule has 0 aliphatic rings. The molecule has 0 atom stereocenters. The van der Waals surface area contributed by atoms with Gasteiger partial charge in [-0.05, 0) is 54.4 Å². The van der Waals surface area contributed by atoms with Gasteiger partial charge in [0.25, 0.3) is 5.56 Å². The Balaban J connectivity index is 1.99. The third-order valence-corrected chi connectivity index (χ3v) is 4.23. The van der Waals surface area contributed by atoms with E-state index in [-0.39, 0.29) is 11.3 Å². The van der Waals surface area contributed by atoms with E-state index < -0.39 is 0 Å². The number of rotatable bonds is 3. The van der Waals surface area contributed by atoms with Gasteiger partial charge in [0.2, 0.25) is 0 Å². The molecule has 112 valence electrons. The first-order valence-corrected chi connectivity index (χ1v) is 7.40. The molecule has 0 fully saturated rings. The number of phenolic OH excluding ortho intramolecular Hbond substituents is 1. The quantitative estimate of drug-likeness (QED) is 0.756. The number of phenols is 1. The molecule has 1 heterocycles. The first-order valence-electron chi connectivity index (χ1n) is 6.62. The van der Waals surface area contributed by atoms with Crippen molar-refractivity contribution < 1.29 is 9.84 Å². The van der Waals surface area contributed by atoms with E-state index in [0.29, 0.717) is 11.1 Å². The summed E-state index contributed by atoms with van der Waals surface area (Å²) in [7, 11) is 1.48. The first kappa shape index (κ1) is 14.3. The van der Waals surface area contributed by atoms with Gasteiger partial charge in [-0.3, -0.25) is 4.79 Å². The fraction of sp³-hybridized carbons (Fsp3) is 0.125. The zero-order chi connectivity index (χ0) is 15.7. The largest absolute Gasteiger partial charge is 0.504 e. The Hall–Kier alpha value is -2.60. The summed E-state index contributed by atoms with van der Waals surface area (Å²) in [5.74, 6) is 0.428. The summed E-state index contributed by atoms with van der Waals surface area (Å²) in [6.07, 6.45) is 1.56. The lowest BCUT2D eigenvalue weighted by Crippen LogP contribution is -2.08. The zero-order valence-electron chi connectivity index (χ0n) is 12.1. The second-order valence-electron chi connectivity index (χ2n) is 4.84. The summed E-state index contributed by atoms with van der Waals surface area (Å²) in [6.45, 7) is 1.95. The van der Waals surface area contributed by atoms with E-state index in [1.807, 2.05) is 25.1 Å². The smallest absolute Gasteiger partial charge is 0.289 e. The van der Waals surface area contributed by atoms with Gasteiger partial charge < -0.3 is 9.84 Å². The van der Waals surface area contributed by atoms with E-state index in [1.165, 1.54) is 28.8 Å². The Morgan fingerprint density at radius 2 is 2.09 bits per heavy atom. The molecule has 1 N–H and O–H groups in total. The number of hydrogen-bond acceptors (Lipinski definition) is 5. The normalized spacial score (nSPS) is 11.4. The number of fused-ring (bicyclic) bond motifs is 1. The number of aromatic nitrogens is 1. The van der Waals surface area contributed by atoms with E-state index in [1.54, 1.807) is 18.3 Å². The molecule has 2 aromatic carbocycles. The molecular formula is C16H14N2O3S. The SMILES string of the molecule is COc1cc(/C=N/n2sc3ccc(C)cc3c2=O)ccc1O. The van der Waals surface area contributed by atoms with Gasteiger partial charge in [-0.2, -0.15) is 5.10 Å². The van der Waals surface area contributed by atoms with Crippen molar-refractivity contribution in [2.24, 2.45) is 5.10 Å². The minimum absolute atomic E-state index is 0.0640. The Bertz CT molecular complexity index is 925. The molecule has 0 unspecified atom stereocenters. The van der Waals surface area contributed by atoms with Crippen molar-refractivity contribution in [2.45, 2.75) is 6.92 Å². The highest BCUT2D eigenvalue weighted by Crippen LogP contribution is 2.25. The third kappa shape index (κ3) is 2.60. The Labute approximate surface area is 130 Å². The highest BCUT2D eigenvalue weighted by molar-refractivity contribution is 7.13. The zero-order valence-corrected chi connectivity index (χ0v) is 12.9. The predicted molar refractivity (Wildman–Crippen MR) is 88.5 cm³/mol. The summed E-state index contributed by atoms with van der Waals surface area (Å²) >= 11 is 1.29. The molecule has 0 bridgehead atoms. The van der Waals surface area contributed by atoms with Gasteiger partial charge in [0.15, 0.2) is 11.5 Å². The number of aryl methyl sites for hydroxylation is 1. The average Bonchev–Trinajstić information content (AvgIpc) is 2.83. The molecule has 22 heavy (non-hydrogen) atoms. The maximum absolute atomic E-state index is 12.3. The number of benzene rings is 2. The average molecular weight is 314 g/mol. The van der Waals surface area contributed by atoms with Crippen LogP contribution in [-0.4, -0.2) is 22.5 Å². The molecular weight excluding hydrogens is 300 g/mol. The van der Waals surface area contributed by atoms with E-state index in [2.05, 4.69) is 5.10 Å². The van der Waals surface area contributed by atoms with Crippen LogP contribution in [-0.2, 0) is 0 Å². The van der Waals surface area contributed by atoms with Crippen LogP contribution in [0.4, 0.5) is 0 Å². The third-order valence-electron chi connectivity index (χ3n) is 3.24. The summed E-state index contributed by atoms with van der Waals surface area (Å²) in [4.78, 5) is 12.3. The van der Waals surface area contributed by atoms with Crippen molar-refractivity contribution in [3.63, 3.8) is 0 Å². The van der Waals surface area contributed by atoms with Crippen LogP contribution in [0.3, 0.4) is 0 Å². The van der Waals surface area contributed by atoms with Gasteiger partial charge in [-0.25, -0.2) is 0 Å². The van der Waals surface area contributed by atoms with Crippen LogP contribution in [0.2, 0.25) is 0 Å². The Morgan fingerprint density at radius 3 is 2.86 bits per heavy atom. The van der Waals surface area contributed by atoms with Crippen molar-refractivity contribution in [1.82, 2.24) is 4.07 Å². The highest BCUT2D eigenvalue weighted by Gasteiger charge is 2.06. The van der Waals surface area contributed by atoms with Crippen LogP contribution in [0.25, 0.3) is 10.1 Å². The minimum Gasteiger partial charge on any atom is -0.504 e. The standard InChI is InChI=1S/C16H14N2O3S/c1-10-3-6-15-12(7-10)16(20)18(22-15)17-9-11-4-5-13(19)14(8-11)21-2/h3-9,19H,1-2H3/b17-9+. The Morgan fingerprint density at radius 1 is 1.27 bits per heavy atom. The lowest BCUT2D eigenvalue weighted by Gasteiger charge is -2.03. The minimum atomic E-state index is -0.134. The topological polar surface area (TPSA) is 63.8 Å². The fourth-order valence-corrected chi connectivity index (χ4v) is 2.93. The molecule has 6 heteroatoms. The summed E-state index contributed by atoms with van der Waals surface area (Å²) in [6, 6.07) is 10.6. The molecule has 0 spiro atoms. The lowest BCUT2D eigenvalue weighted by molar-refractivity contribution is 0.373. The molecule has 0 radical (unpaired) electrons. The maximum Gasteiger partial charge on any atom is 0.289 e. The van der Waals surface area contributed by atoms with Crippen LogP contribution >= 0.6 is 11.5 Å². The molecule has 0 amide bonds. The van der Waals surface area contributed by atoms with Crippen molar-refractivity contribution in [3.8, 4) is 11.5 Å². The number of methoxy groups -OCH3 is 1. The highest BCUT2D eigenvalue weighted by atomic mass is 32.1. The van der Waals surface area contributed by atoms with Crippen molar-refractivity contribution in [1.29, 1.82) is 0 Å². The molecule has 0 aliphatic heterocycles. The molecule has 5 nitrogen and oxygen atoms in total. The van der Waals surface area contributed by atoms with Crippen molar-refractivity contribution in [2.75, 3.05) is 7.11 Å². The number of hydrogen-bond donors (Lipinski definition) is 1. The van der Waals surface area contributed by atoms with E-state index in [4.69, 9.17) is 4.74 Å². The molecule has 3 aromatic rings. The van der Waals surface area contributed by atoms with Gasteiger partial charge in [-0.15, -0.1) is 4.07 Å². The monoisotopic (exact) mass is 314 g/mol. The summed E-state index contributed by atoms with van der Waals surface area (Å²) < 4.78 is 7.29. The molecule has 3 rings (SSSR count). The van der Waals surface area contributed by atoms with Gasteiger partial charge in [-0.1, -0.05) is 11.6 Å². The summed E-state index contributed by atoms with van der Waals surface area (Å²) in [5, 5.41) is 14.4. The molecule has 1 aromatic heterocycles. The lowest BCUT2D eigenvalue weighted by atomic mass is 10.2. The van der Waals surface area contributed by atoms with Crippen LogP contribution in [0.1, 0.15) is 11.1 Å². The van der Waals surface area contributed by atoms with E-state index in [9.17, 15) is 9.90 Å². The van der Waals surface area contributed by atoms with Crippen LogP contribution in [0, 0.1) is 6.92 Å². The van der Waals surface area contributed by atoms with Crippen molar-refractivity contribution >= 4 is 27.8 Å². The molecule has 0 aliphatic carbocycles. The van der Waals surface area contributed by atoms with E-state index >= 15 is 0 Å². The van der Waals surface area contributed by atoms with Gasteiger partial charge in [0.1, 0.15) is 0 Å². The van der Waals surface area contributed by atoms with Gasteiger partial charge >= 0.3 is 0 Å².